The molecule has 0 saturated heterocycles. The van der Waals surface area contributed by atoms with Gasteiger partial charge in [-0.3, -0.25) is 0 Å². The van der Waals surface area contributed by atoms with Crippen LogP contribution in [-0.2, 0) is 5.41 Å². The van der Waals surface area contributed by atoms with Crippen LogP contribution in [0.2, 0.25) is 0 Å². The van der Waals surface area contributed by atoms with Crippen molar-refractivity contribution < 1.29 is 4.42 Å². The molecule has 10 aromatic rings. The maximum atomic E-state index is 6.45. The summed E-state index contributed by atoms with van der Waals surface area (Å²) in [4.78, 5) is 0. The van der Waals surface area contributed by atoms with Gasteiger partial charge in [-0.1, -0.05) is 92.7 Å². The summed E-state index contributed by atoms with van der Waals surface area (Å²) >= 11 is 0. The van der Waals surface area contributed by atoms with Crippen LogP contribution in [0.25, 0.3) is 88.1 Å². The fourth-order valence-corrected chi connectivity index (χ4v) is 8.67. The number of aromatic nitrogens is 2. The Morgan fingerprint density at radius 3 is 1.50 bits per heavy atom. The molecule has 3 nitrogen and oxygen atoms in total. The van der Waals surface area contributed by atoms with E-state index in [1.807, 2.05) is 0 Å². The number of hydrogen-bond donors (Lipinski definition) is 0. The summed E-state index contributed by atoms with van der Waals surface area (Å²) < 4.78 is 11.3. The highest BCUT2D eigenvalue weighted by Gasteiger charge is 2.36. The van der Waals surface area contributed by atoms with Crippen molar-refractivity contribution in [3.8, 4) is 22.5 Å². The summed E-state index contributed by atoms with van der Waals surface area (Å²) in [5, 5.41) is 7.30. The van der Waals surface area contributed by atoms with Gasteiger partial charge in [0, 0.05) is 49.1 Å². The van der Waals surface area contributed by atoms with Gasteiger partial charge in [0.05, 0.1) is 22.1 Å². The van der Waals surface area contributed by atoms with Crippen molar-refractivity contribution in [1.82, 2.24) is 9.13 Å². The van der Waals surface area contributed by atoms with E-state index in [0.29, 0.717) is 0 Å². The maximum absolute atomic E-state index is 6.45. The van der Waals surface area contributed by atoms with Gasteiger partial charge in [0.2, 0.25) is 0 Å². The highest BCUT2D eigenvalue weighted by molar-refractivity contribution is 6.13. The van der Waals surface area contributed by atoms with Gasteiger partial charge in [0.25, 0.3) is 0 Å². The third-order valence-corrected chi connectivity index (χ3v) is 10.9. The molecule has 0 amide bonds. The zero-order chi connectivity index (χ0) is 31.7. The van der Waals surface area contributed by atoms with Crippen LogP contribution >= 0.6 is 0 Å². The molecule has 1 aliphatic rings. The predicted molar refractivity (Wildman–Crippen MR) is 200 cm³/mol. The topological polar surface area (TPSA) is 23.0 Å². The van der Waals surface area contributed by atoms with Crippen LogP contribution in [0, 0.1) is 0 Å². The Kier molecular flexibility index (Phi) is 4.91. The smallest absolute Gasteiger partial charge is 0.135 e. The quantitative estimate of drug-likeness (QED) is 0.190. The second-order valence-corrected chi connectivity index (χ2v) is 13.8. The first kappa shape index (κ1) is 26.1. The van der Waals surface area contributed by atoms with Gasteiger partial charge in [-0.15, -0.1) is 0 Å². The first-order chi connectivity index (χ1) is 23.6. The van der Waals surface area contributed by atoms with Gasteiger partial charge >= 0.3 is 0 Å². The monoisotopic (exact) mass is 614 g/mol. The van der Waals surface area contributed by atoms with Crippen LogP contribution < -0.4 is 0 Å². The molecule has 0 aliphatic heterocycles. The predicted octanol–water partition coefficient (Wildman–Crippen LogP) is 12.1. The zero-order valence-corrected chi connectivity index (χ0v) is 26.7. The second-order valence-electron chi connectivity index (χ2n) is 13.8. The van der Waals surface area contributed by atoms with Crippen molar-refractivity contribution in [2.45, 2.75) is 19.3 Å². The third kappa shape index (κ3) is 3.28. The number of fused-ring (bicyclic) bond motifs is 12. The van der Waals surface area contributed by atoms with Gasteiger partial charge in [-0.2, -0.15) is 0 Å². The molecular weight excluding hydrogens is 585 g/mol. The fourth-order valence-electron chi connectivity index (χ4n) is 8.67. The second kappa shape index (κ2) is 9.05. The first-order valence-electron chi connectivity index (χ1n) is 16.7. The molecule has 48 heavy (non-hydrogen) atoms. The molecular formula is C45H30N2O. The van der Waals surface area contributed by atoms with E-state index >= 15 is 0 Å². The van der Waals surface area contributed by atoms with Crippen molar-refractivity contribution in [3.63, 3.8) is 0 Å². The zero-order valence-electron chi connectivity index (χ0n) is 26.7. The van der Waals surface area contributed by atoms with E-state index in [1.54, 1.807) is 0 Å². The number of hydrogen-bond acceptors (Lipinski definition) is 1. The largest absolute Gasteiger partial charge is 0.456 e. The highest BCUT2D eigenvalue weighted by Crippen LogP contribution is 2.51. The Bertz CT molecular complexity index is 2930. The number of para-hydroxylation sites is 3. The summed E-state index contributed by atoms with van der Waals surface area (Å²) in [6, 6.07) is 53.2. The number of furan rings is 1. The summed E-state index contributed by atoms with van der Waals surface area (Å²) in [6.45, 7) is 4.71. The Morgan fingerprint density at radius 2 is 0.896 bits per heavy atom. The van der Waals surface area contributed by atoms with E-state index in [0.717, 1.165) is 33.3 Å². The van der Waals surface area contributed by atoms with Crippen LogP contribution in [0.5, 0.6) is 0 Å². The molecule has 0 atom stereocenters. The number of benzene rings is 7. The average molecular weight is 615 g/mol. The van der Waals surface area contributed by atoms with Gasteiger partial charge in [-0.05, 0) is 89.0 Å². The van der Waals surface area contributed by atoms with E-state index < -0.39 is 0 Å². The lowest BCUT2D eigenvalue weighted by molar-refractivity contribution is 0.661. The molecule has 11 rings (SSSR count). The molecule has 0 spiro atoms. The molecule has 0 unspecified atom stereocenters. The average Bonchev–Trinajstić information content (AvgIpc) is 3.82. The molecule has 3 heterocycles. The Labute approximate surface area is 276 Å². The maximum Gasteiger partial charge on any atom is 0.135 e. The lowest BCUT2D eigenvalue weighted by Gasteiger charge is -2.21. The SMILES string of the molecule is CC1(C)c2ccccc2-c2cc3c4ccccc4n(-c4ccc5oc6ccc(-n7c8ccccc8c8ccccc87)cc6c5c4)c3cc21. The number of rotatable bonds is 2. The fraction of sp³-hybridized carbons (Fsp3) is 0.0667. The van der Waals surface area contributed by atoms with Gasteiger partial charge < -0.3 is 13.6 Å². The Morgan fingerprint density at radius 1 is 0.396 bits per heavy atom. The van der Waals surface area contributed by atoms with E-state index in [-0.39, 0.29) is 5.41 Å². The molecule has 1 aliphatic carbocycles. The standard InChI is InChI=1S/C45H30N2O/c1-45(2)37-15-7-3-11-29(37)33-25-34-32-14-6-10-18-41(32)47(42(34)26-38(33)45)28-20-22-44-36(24-28)35-23-27(19-21-43(35)48-44)46-39-16-8-4-12-30(39)31-13-5-9-17-40(31)46/h3-26H,1-2H3. The van der Waals surface area contributed by atoms with Gasteiger partial charge in [0.1, 0.15) is 11.2 Å². The molecule has 0 saturated carbocycles. The van der Waals surface area contributed by atoms with Crippen molar-refractivity contribution in [1.29, 1.82) is 0 Å². The van der Waals surface area contributed by atoms with E-state index in [4.69, 9.17) is 4.42 Å². The molecule has 226 valence electrons. The Hall–Kier alpha value is -6.06. The lowest BCUT2D eigenvalue weighted by atomic mass is 9.82. The summed E-state index contributed by atoms with van der Waals surface area (Å²) in [5.41, 5.74) is 14.3. The molecule has 3 aromatic heterocycles. The molecule has 0 N–H and O–H groups in total. The summed E-state index contributed by atoms with van der Waals surface area (Å²) in [7, 11) is 0. The van der Waals surface area contributed by atoms with Crippen molar-refractivity contribution in [3.05, 3.63) is 157 Å². The molecule has 7 aromatic carbocycles. The van der Waals surface area contributed by atoms with Gasteiger partial charge in [0.15, 0.2) is 0 Å². The normalized spacial score (nSPS) is 13.8. The van der Waals surface area contributed by atoms with E-state index in [2.05, 4.69) is 169 Å². The van der Waals surface area contributed by atoms with E-state index in [1.165, 1.54) is 65.9 Å². The lowest BCUT2D eigenvalue weighted by Crippen LogP contribution is -2.14. The van der Waals surface area contributed by atoms with Crippen molar-refractivity contribution >= 4 is 65.6 Å². The first-order valence-corrected chi connectivity index (χ1v) is 16.7. The van der Waals surface area contributed by atoms with E-state index in [9.17, 15) is 0 Å². The van der Waals surface area contributed by atoms with Crippen LogP contribution in [0.4, 0.5) is 0 Å². The Balaban J connectivity index is 1.16. The molecule has 3 heteroatoms. The van der Waals surface area contributed by atoms with Crippen LogP contribution in [0.3, 0.4) is 0 Å². The van der Waals surface area contributed by atoms with Gasteiger partial charge in [-0.25, -0.2) is 0 Å². The highest BCUT2D eigenvalue weighted by atomic mass is 16.3. The van der Waals surface area contributed by atoms with Crippen LogP contribution in [0.15, 0.2) is 150 Å². The summed E-state index contributed by atoms with van der Waals surface area (Å²) in [6.07, 6.45) is 0. The molecule has 0 bridgehead atoms. The van der Waals surface area contributed by atoms with Crippen LogP contribution in [-0.4, -0.2) is 9.13 Å². The summed E-state index contributed by atoms with van der Waals surface area (Å²) in [5.74, 6) is 0. The number of nitrogens with zero attached hydrogens (tertiary/aromatic N) is 2. The van der Waals surface area contributed by atoms with Crippen molar-refractivity contribution in [2.75, 3.05) is 0 Å². The minimum Gasteiger partial charge on any atom is -0.456 e. The molecule has 0 fully saturated rings. The minimum absolute atomic E-state index is 0.0741. The molecule has 0 radical (unpaired) electrons. The van der Waals surface area contributed by atoms with Crippen molar-refractivity contribution in [2.24, 2.45) is 0 Å². The third-order valence-electron chi connectivity index (χ3n) is 10.9. The minimum atomic E-state index is -0.0741. The van der Waals surface area contributed by atoms with Crippen LogP contribution in [0.1, 0.15) is 25.0 Å².